The maximum atomic E-state index is 12.6. The number of aromatic nitrogens is 4. The van der Waals surface area contributed by atoms with Crippen LogP contribution in [0, 0.1) is 6.92 Å². The van der Waals surface area contributed by atoms with Gasteiger partial charge in [0.05, 0.1) is 23.7 Å². The summed E-state index contributed by atoms with van der Waals surface area (Å²) in [5.74, 6) is 1.90. The molecule has 4 rings (SSSR count). The van der Waals surface area contributed by atoms with Gasteiger partial charge in [0.1, 0.15) is 17.4 Å². The van der Waals surface area contributed by atoms with E-state index in [1.54, 1.807) is 42.9 Å². The Bertz CT molecular complexity index is 1210. The molecule has 4 aromatic rings. The Kier molecular flexibility index (Phi) is 5.18. The highest BCUT2D eigenvalue weighted by molar-refractivity contribution is 6.04. The minimum atomic E-state index is -0.227. The van der Waals surface area contributed by atoms with Gasteiger partial charge in [0, 0.05) is 30.4 Å². The number of anilines is 1. The topological polar surface area (TPSA) is 81.9 Å². The lowest BCUT2D eigenvalue weighted by Gasteiger charge is -2.10. The number of aryl methyl sites for hydroxylation is 1. The van der Waals surface area contributed by atoms with Crippen LogP contribution in [0.1, 0.15) is 30.0 Å². The second-order valence-corrected chi connectivity index (χ2v) is 7.38. The fourth-order valence-electron chi connectivity index (χ4n) is 3.13. The summed E-state index contributed by atoms with van der Waals surface area (Å²) in [4.78, 5) is 25.8. The molecule has 0 aliphatic rings. The largest absolute Gasteiger partial charge is 0.491 e. The van der Waals surface area contributed by atoms with Crippen molar-refractivity contribution in [2.45, 2.75) is 26.9 Å². The van der Waals surface area contributed by atoms with Gasteiger partial charge in [0.2, 0.25) is 0 Å². The highest BCUT2D eigenvalue weighted by Crippen LogP contribution is 2.24. The fraction of sp³-hybridized carbons (Fsp3) is 0.217. The number of nitrogens with one attached hydrogen (secondary N) is 1. The van der Waals surface area contributed by atoms with Crippen LogP contribution in [0.15, 0.2) is 55.0 Å². The van der Waals surface area contributed by atoms with E-state index in [0.717, 1.165) is 33.7 Å². The molecule has 1 amide bonds. The van der Waals surface area contributed by atoms with Crippen LogP contribution in [0.25, 0.3) is 22.2 Å². The van der Waals surface area contributed by atoms with Crippen molar-refractivity contribution in [1.29, 1.82) is 0 Å². The first kappa shape index (κ1) is 19.6. The third-order valence-corrected chi connectivity index (χ3v) is 4.82. The van der Waals surface area contributed by atoms with Gasteiger partial charge in [0.25, 0.3) is 5.91 Å². The van der Waals surface area contributed by atoms with Crippen molar-refractivity contribution >= 4 is 22.5 Å². The second kappa shape index (κ2) is 7.94. The molecule has 0 saturated heterocycles. The second-order valence-electron chi connectivity index (χ2n) is 7.38. The normalized spacial score (nSPS) is 11.1. The smallest absolute Gasteiger partial charge is 0.256 e. The Morgan fingerprint density at radius 2 is 1.73 bits per heavy atom. The summed E-state index contributed by atoms with van der Waals surface area (Å²) in [6.45, 7) is 5.87. The SMILES string of the molecule is Cc1ncc(-c2cc3cc(NC(=O)c4ccc(OC(C)C)cc4)ncc3cn2)n1C. The average molecular weight is 401 g/mol. The zero-order valence-corrected chi connectivity index (χ0v) is 17.4. The third kappa shape index (κ3) is 4.00. The summed E-state index contributed by atoms with van der Waals surface area (Å²) in [5.41, 5.74) is 2.28. The van der Waals surface area contributed by atoms with Gasteiger partial charge in [0.15, 0.2) is 0 Å². The van der Waals surface area contributed by atoms with Gasteiger partial charge in [-0.2, -0.15) is 0 Å². The van der Waals surface area contributed by atoms with Crippen LogP contribution < -0.4 is 10.1 Å². The fourth-order valence-corrected chi connectivity index (χ4v) is 3.13. The number of fused-ring (bicyclic) bond motifs is 1. The lowest BCUT2D eigenvalue weighted by Crippen LogP contribution is -2.13. The summed E-state index contributed by atoms with van der Waals surface area (Å²) in [6.07, 6.45) is 5.37. The van der Waals surface area contributed by atoms with Gasteiger partial charge < -0.3 is 14.6 Å². The molecular formula is C23H23N5O2. The van der Waals surface area contributed by atoms with Gasteiger partial charge in [-0.25, -0.2) is 9.97 Å². The molecule has 1 aromatic carbocycles. The molecule has 1 N–H and O–H groups in total. The quantitative estimate of drug-likeness (QED) is 0.537. The van der Waals surface area contributed by atoms with Gasteiger partial charge in [-0.3, -0.25) is 9.78 Å². The predicted octanol–water partition coefficient (Wildman–Crippen LogP) is 4.38. The minimum absolute atomic E-state index is 0.0844. The van der Waals surface area contributed by atoms with Gasteiger partial charge >= 0.3 is 0 Å². The summed E-state index contributed by atoms with van der Waals surface area (Å²) in [7, 11) is 1.96. The van der Waals surface area contributed by atoms with Crippen molar-refractivity contribution in [2.75, 3.05) is 5.32 Å². The highest BCUT2D eigenvalue weighted by Gasteiger charge is 2.11. The summed E-state index contributed by atoms with van der Waals surface area (Å²) in [6, 6.07) is 10.9. The Hall–Kier alpha value is -3.74. The minimum Gasteiger partial charge on any atom is -0.491 e. The number of carbonyl (C=O) groups is 1. The van der Waals surface area contributed by atoms with E-state index < -0.39 is 0 Å². The van der Waals surface area contributed by atoms with Crippen molar-refractivity contribution in [3.63, 3.8) is 0 Å². The lowest BCUT2D eigenvalue weighted by molar-refractivity contribution is 0.102. The Balaban J connectivity index is 1.57. The van der Waals surface area contributed by atoms with Crippen molar-refractivity contribution in [1.82, 2.24) is 19.5 Å². The molecule has 0 spiro atoms. The molecule has 0 saturated carbocycles. The van der Waals surface area contributed by atoms with Crippen molar-refractivity contribution in [2.24, 2.45) is 7.05 Å². The Morgan fingerprint density at radius 3 is 2.40 bits per heavy atom. The van der Waals surface area contributed by atoms with Gasteiger partial charge in [-0.15, -0.1) is 0 Å². The Morgan fingerprint density at radius 1 is 1.00 bits per heavy atom. The maximum absolute atomic E-state index is 12.6. The van der Waals surface area contributed by atoms with Crippen LogP contribution >= 0.6 is 0 Å². The molecule has 3 heterocycles. The molecule has 30 heavy (non-hydrogen) atoms. The van der Waals surface area contributed by atoms with E-state index in [-0.39, 0.29) is 12.0 Å². The first-order valence-electron chi connectivity index (χ1n) is 9.73. The number of nitrogens with zero attached hydrogens (tertiary/aromatic N) is 4. The Labute approximate surface area is 174 Å². The maximum Gasteiger partial charge on any atom is 0.256 e. The molecule has 0 unspecified atom stereocenters. The van der Waals surface area contributed by atoms with E-state index in [1.807, 2.05) is 44.5 Å². The molecule has 0 bridgehead atoms. The number of benzene rings is 1. The number of ether oxygens (including phenoxy) is 1. The molecular weight excluding hydrogens is 378 g/mol. The molecule has 152 valence electrons. The molecule has 3 aromatic heterocycles. The number of imidazole rings is 1. The summed E-state index contributed by atoms with van der Waals surface area (Å²) in [5, 5.41) is 4.69. The molecule has 0 aliphatic carbocycles. The number of hydrogen-bond donors (Lipinski definition) is 1. The van der Waals surface area contributed by atoms with E-state index in [4.69, 9.17) is 4.74 Å². The number of rotatable bonds is 5. The van der Waals surface area contributed by atoms with E-state index in [0.29, 0.717) is 11.4 Å². The van der Waals surface area contributed by atoms with Crippen LogP contribution in [0.2, 0.25) is 0 Å². The van der Waals surface area contributed by atoms with Crippen molar-refractivity contribution < 1.29 is 9.53 Å². The molecule has 7 nitrogen and oxygen atoms in total. The number of carbonyl (C=O) groups excluding carboxylic acids is 1. The van der Waals surface area contributed by atoms with Crippen molar-refractivity contribution in [3.05, 3.63) is 66.4 Å². The van der Waals surface area contributed by atoms with Crippen LogP contribution in [-0.4, -0.2) is 31.5 Å². The molecule has 7 heteroatoms. The third-order valence-electron chi connectivity index (χ3n) is 4.82. The van der Waals surface area contributed by atoms with Gasteiger partial charge in [-0.1, -0.05) is 0 Å². The molecule has 0 aliphatic heterocycles. The van der Waals surface area contributed by atoms with Crippen LogP contribution in [-0.2, 0) is 7.05 Å². The number of amides is 1. The van der Waals surface area contributed by atoms with Crippen LogP contribution in [0.5, 0.6) is 5.75 Å². The van der Waals surface area contributed by atoms with E-state index in [2.05, 4.69) is 20.3 Å². The molecule has 0 fully saturated rings. The van der Waals surface area contributed by atoms with Crippen molar-refractivity contribution in [3.8, 4) is 17.1 Å². The number of hydrogen-bond acceptors (Lipinski definition) is 5. The molecule has 0 atom stereocenters. The van der Waals surface area contributed by atoms with Crippen LogP contribution in [0.4, 0.5) is 5.82 Å². The van der Waals surface area contributed by atoms with E-state index in [1.165, 1.54) is 0 Å². The standard InChI is InChI=1S/C23H23N5O2/c1-14(2)30-19-7-5-16(6-8-19)23(29)27-22-10-17-9-20(25-11-18(17)12-26-22)21-13-24-15(3)28(21)4/h5-14H,1-4H3,(H,26,27,29). The molecule has 0 radical (unpaired) electrons. The number of pyridine rings is 2. The predicted molar refractivity (Wildman–Crippen MR) is 117 cm³/mol. The zero-order valence-electron chi connectivity index (χ0n) is 17.4. The highest BCUT2D eigenvalue weighted by atomic mass is 16.5. The van der Waals surface area contributed by atoms with Gasteiger partial charge in [-0.05, 0) is 62.6 Å². The summed E-state index contributed by atoms with van der Waals surface area (Å²) < 4.78 is 7.61. The lowest BCUT2D eigenvalue weighted by atomic mass is 10.1. The first-order valence-corrected chi connectivity index (χ1v) is 9.73. The monoisotopic (exact) mass is 401 g/mol. The van der Waals surface area contributed by atoms with E-state index in [9.17, 15) is 4.79 Å². The summed E-state index contributed by atoms with van der Waals surface area (Å²) >= 11 is 0. The first-order chi connectivity index (χ1) is 14.4. The van der Waals surface area contributed by atoms with Crippen LogP contribution in [0.3, 0.4) is 0 Å². The van der Waals surface area contributed by atoms with E-state index >= 15 is 0 Å². The zero-order chi connectivity index (χ0) is 21.3. The average Bonchev–Trinajstić information content (AvgIpc) is 3.06.